The molecular formula is C12H11BrN4S3. The summed E-state index contributed by atoms with van der Waals surface area (Å²) < 4.78 is 1.91. The Hall–Kier alpha value is -0.960. The number of nitrogens with zero attached hydrogens (tertiary/aromatic N) is 2. The maximum atomic E-state index is 5.23. The maximum Gasteiger partial charge on any atom is 0.212 e. The third-order valence-corrected chi connectivity index (χ3v) is 4.75. The normalized spacial score (nSPS) is 10.1. The first kappa shape index (κ1) is 15.4. The SMILES string of the molecule is C=CCSc1nnc(NC(=S)Nc2ccc(Br)cc2)s1. The van der Waals surface area contributed by atoms with E-state index in [4.69, 9.17) is 12.2 Å². The highest BCUT2D eigenvalue weighted by Crippen LogP contribution is 2.25. The van der Waals surface area contributed by atoms with Gasteiger partial charge in [-0.1, -0.05) is 45.1 Å². The number of anilines is 2. The van der Waals surface area contributed by atoms with E-state index in [1.54, 1.807) is 11.8 Å². The summed E-state index contributed by atoms with van der Waals surface area (Å²) in [6.07, 6.45) is 1.83. The summed E-state index contributed by atoms with van der Waals surface area (Å²) in [5.74, 6) is 0.816. The molecule has 2 N–H and O–H groups in total. The van der Waals surface area contributed by atoms with Crippen molar-refractivity contribution in [3.05, 3.63) is 41.4 Å². The van der Waals surface area contributed by atoms with E-state index in [0.717, 1.165) is 20.3 Å². The van der Waals surface area contributed by atoms with Gasteiger partial charge in [0.1, 0.15) is 0 Å². The van der Waals surface area contributed by atoms with E-state index < -0.39 is 0 Å². The van der Waals surface area contributed by atoms with Crippen molar-refractivity contribution in [1.29, 1.82) is 0 Å². The molecule has 20 heavy (non-hydrogen) atoms. The van der Waals surface area contributed by atoms with Crippen molar-refractivity contribution in [1.82, 2.24) is 10.2 Å². The Morgan fingerprint density at radius 1 is 1.35 bits per heavy atom. The first-order chi connectivity index (χ1) is 9.67. The van der Waals surface area contributed by atoms with Gasteiger partial charge in [-0.3, -0.25) is 0 Å². The summed E-state index contributed by atoms with van der Waals surface area (Å²) in [6.45, 7) is 3.67. The minimum atomic E-state index is 0.490. The zero-order valence-electron chi connectivity index (χ0n) is 10.3. The first-order valence-electron chi connectivity index (χ1n) is 5.58. The molecular weight excluding hydrogens is 376 g/mol. The van der Waals surface area contributed by atoms with Crippen molar-refractivity contribution in [2.24, 2.45) is 0 Å². The predicted octanol–water partition coefficient (Wildman–Crippen LogP) is 4.39. The Labute approximate surface area is 139 Å². The lowest BCUT2D eigenvalue weighted by molar-refractivity contribution is 1.02. The number of thiocarbonyl (C=S) groups is 1. The van der Waals surface area contributed by atoms with Gasteiger partial charge in [-0.15, -0.1) is 16.8 Å². The summed E-state index contributed by atoms with van der Waals surface area (Å²) in [6, 6.07) is 7.76. The lowest BCUT2D eigenvalue weighted by Crippen LogP contribution is -2.18. The summed E-state index contributed by atoms with van der Waals surface area (Å²) in [5.41, 5.74) is 0.913. The van der Waals surface area contributed by atoms with E-state index in [0.29, 0.717) is 10.2 Å². The van der Waals surface area contributed by atoms with Gasteiger partial charge in [0, 0.05) is 15.9 Å². The van der Waals surface area contributed by atoms with Crippen LogP contribution in [0.15, 0.2) is 45.7 Å². The van der Waals surface area contributed by atoms with E-state index in [1.807, 2.05) is 30.3 Å². The number of halogens is 1. The summed E-state index contributed by atoms with van der Waals surface area (Å²) in [4.78, 5) is 0. The Balaban J connectivity index is 1.89. The van der Waals surface area contributed by atoms with E-state index in [1.165, 1.54) is 11.3 Å². The number of hydrogen-bond acceptors (Lipinski definition) is 5. The van der Waals surface area contributed by atoms with Gasteiger partial charge < -0.3 is 10.6 Å². The maximum absolute atomic E-state index is 5.23. The highest BCUT2D eigenvalue weighted by atomic mass is 79.9. The summed E-state index contributed by atoms with van der Waals surface area (Å²) in [5, 5.41) is 15.3. The molecule has 0 aliphatic heterocycles. The molecule has 0 aliphatic carbocycles. The monoisotopic (exact) mass is 386 g/mol. The van der Waals surface area contributed by atoms with Crippen LogP contribution in [-0.2, 0) is 0 Å². The molecule has 2 aromatic rings. The smallest absolute Gasteiger partial charge is 0.212 e. The average Bonchev–Trinajstić information content (AvgIpc) is 2.86. The zero-order chi connectivity index (χ0) is 14.4. The quantitative estimate of drug-likeness (QED) is 0.451. The second-order valence-electron chi connectivity index (χ2n) is 3.56. The number of aromatic nitrogens is 2. The summed E-state index contributed by atoms with van der Waals surface area (Å²) >= 11 is 11.7. The lowest BCUT2D eigenvalue weighted by atomic mass is 10.3. The van der Waals surface area contributed by atoms with E-state index in [2.05, 4.69) is 43.3 Å². The molecule has 0 radical (unpaired) electrons. The van der Waals surface area contributed by atoms with Crippen LogP contribution in [-0.4, -0.2) is 21.1 Å². The molecule has 0 atom stereocenters. The van der Waals surface area contributed by atoms with Crippen LogP contribution in [0.1, 0.15) is 0 Å². The van der Waals surface area contributed by atoms with Gasteiger partial charge in [0.2, 0.25) is 5.13 Å². The van der Waals surface area contributed by atoms with Crippen LogP contribution < -0.4 is 10.6 Å². The number of rotatable bonds is 5. The van der Waals surface area contributed by atoms with Crippen molar-refractivity contribution < 1.29 is 0 Å². The van der Waals surface area contributed by atoms with Gasteiger partial charge in [0.05, 0.1) is 0 Å². The van der Waals surface area contributed by atoms with Crippen molar-refractivity contribution in [2.45, 2.75) is 4.34 Å². The van der Waals surface area contributed by atoms with Crippen molar-refractivity contribution in [3.8, 4) is 0 Å². The molecule has 104 valence electrons. The minimum absolute atomic E-state index is 0.490. The number of thioether (sulfide) groups is 1. The zero-order valence-corrected chi connectivity index (χ0v) is 14.3. The lowest BCUT2D eigenvalue weighted by Gasteiger charge is -2.07. The minimum Gasteiger partial charge on any atom is -0.332 e. The van der Waals surface area contributed by atoms with Crippen LogP contribution in [0.5, 0.6) is 0 Å². The molecule has 0 spiro atoms. The molecule has 0 fully saturated rings. The molecule has 0 bridgehead atoms. The molecule has 0 saturated heterocycles. The third kappa shape index (κ3) is 4.86. The standard InChI is InChI=1S/C12H11BrN4S3/c1-2-7-19-12-17-16-11(20-12)15-10(18)14-9-5-3-8(13)4-6-9/h2-6H,1,7H2,(H2,14,15,16,18). The molecule has 0 aliphatic rings. The fourth-order valence-electron chi connectivity index (χ4n) is 1.24. The largest absolute Gasteiger partial charge is 0.332 e. The second-order valence-corrected chi connectivity index (χ2v) is 7.13. The molecule has 1 aromatic carbocycles. The van der Waals surface area contributed by atoms with E-state index >= 15 is 0 Å². The molecule has 1 heterocycles. The molecule has 8 heteroatoms. The second kappa shape index (κ2) is 7.72. The Bertz CT molecular complexity index is 597. The third-order valence-electron chi connectivity index (χ3n) is 2.05. The van der Waals surface area contributed by atoms with Crippen LogP contribution in [0.4, 0.5) is 10.8 Å². The summed E-state index contributed by atoms with van der Waals surface area (Å²) in [7, 11) is 0. The van der Waals surface area contributed by atoms with Crippen molar-refractivity contribution in [2.75, 3.05) is 16.4 Å². The Kier molecular flexibility index (Phi) is 5.96. The first-order valence-corrected chi connectivity index (χ1v) is 8.58. The fraction of sp³-hybridized carbons (Fsp3) is 0.0833. The van der Waals surface area contributed by atoms with Gasteiger partial charge in [-0.2, -0.15) is 0 Å². The van der Waals surface area contributed by atoms with Crippen LogP contribution in [0, 0.1) is 0 Å². The molecule has 0 unspecified atom stereocenters. The van der Waals surface area contributed by atoms with Gasteiger partial charge in [-0.05, 0) is 36.5 Å². The highest BCUT2D eigenvalue weighted by molar-refractivity contribution is 9.10. The molecule has 0 amide bonds. The van der Waals surface area contributed by atoms with Crippen molar-refractivity contribution >= 4 is 67.2 Å². The molecule has 0 saturated carbocycles. The van der Waals surface area contributed by atoms with Crippen LogP contribution >= 0.6 is 51.2 Å². The molecule has 1 aromatic heterocycles. The predicted molar refractivity (Wildman–Crippen MR) is 94.8 cm³/mol. The van der Waals surface area contributed by atoms with Crippen LogP contribution in [0.2, 0.25) is 0 Å². The van der Waals surface area contributed by atoms with E-state index in [9.17, 15) is 0 Å². The number of nitrogens with one attached hydrogen (secondary N) is 2. The Morgan fingerprint density at radius 3 is 2.80 bits per heavy atom. The average molecular weight is 387 g/mol. The van der Waals surface area contributed by atoms with Gasteiger partial charge in [0.25, 0.3) is 0 Å². The number of benzene rings is 1. The van der Waals surface area contributed by atoms with Crippen LogP contribution in [0.25, 0.3) is 0 Å². The topological polar surface area (TPSA) is 49.8 Å². The van der Waals surface area contributed by atoms with Crippen molar-refractivity contribution in [3.63, 3.8) is 0 Å². The Morgan fingerprint density at radius 2 is 2.10 bits per heavy atom. The van der Waals surface area contributed by atoms with Crippen LogP contribution in [0.3, 0.4) is 0 Å². The molecule has 4 nitrogen and oxygen atoms in total. The van der Waals surface area contributed by atoms with E-state index in [-0.39, 0.29) is 0 Å². The fourth-order valence-corrected chi connectivity index (χ4v) is 3.30. The van der Waals surface area contributed by atoms with Gasteiger partial charge in [0.15, 0.2) is 9.45 Å². The molecule has 2 rings (SSSR count). The highest BCUT2D eigenvalue weighted by Gasteiger charge is 2.06. The van der Waals surface area contributed by atoms with Gasteiger partial charge in [-0.25, -0.2) is 0 Å². The van der Waals surface area contributed by atoms with Gasteiger partial charge >= 0.3 is 0 Å². The number of hydrogen-bond donors (Lipinski definition) is 2.